The number of hydrogen-bond acceptors (Lipinski definition) is 3. The average molecular weight is 298 g/mol. The van der Waals surface area contributed by atoms with Crippen LogP contribution in [0.4, 0.5) is 0 Å². The normalized spacial score (nSPS) is 18.1. The highest BCUT2D eigenvalue weighted by molar-refractivity contribution is 6.30. The van der Waals surface area contributed by atoms with Crippen LogP contribution in [0.2, 0.25) is 5.02 Å². The zero-order valence-corrected chi connectivity index (χ0v) is 12.2. The molecule has 1 N–H and O–H groups in total. The third-order valence-corrected chi connectivity index (χ3v) is 3.45. The lowest BCUT2D eigenvalue weighted by Crippen LogP contribution is -2.25. The maximum absolute atomic E-state index is 11.8. The monoisotopic (exact) mass is 297 g/mol. The molecule has 20 heavy (non-hydrogen) atoms. The second-order valence-electron chi connectivity index (χ2n) is 4.92. The first kappa shape index (κ1) is 15.3. The number of carbonyl (C=O) groups excluding carboxylic acids is 1. The number of carbonyl (C=O) groups is 1. The Morgan fingerprint density at radius 2 is 2.40 bits per heavy atom. The van der Waals surface area contributed by atoms with E-state index >= 15 is 0 Å². The summed E-state index contributed by atoms with van der Waals surface area (Å²) in [6.45, 7) is 3.68. The second kappa shape index (κ2) is 8.25. The zero-order chi connectivity index (χ0) is 14.2. The average Bonchev–Trinajstić information content (AvgIpc) is 2.95. The van der Waals surface area contributed by atoms with E-state index in [2.05, 4.69) is 5.32 Å². The Morgan fingerprint density at radius 1 is 1.50 bits per heavy atom. The van der Waals surface area contributed by atoms with Gasteiger partial charge in [-0.25, -0.2) is 0 Å². The van der Waals surface area contributed by atoms with E-state index in [1.54, 1.807) is 24.3 Å². The second-order valence-corrected chi connectivity index (χ2v) is 5.36. The minimum atomic E-state index is -0.100. The predicted octanol–water partition coefficient (Wildman–Crippen LogP) is 2.51. The van der Waals surface area contributed by atoms with Crippen LogP contribution in [-0.4, -0.2) is 38.9 Å². The minimum absolute atomic E-state index is 0.100. The van der Waals surface area contributed by atoms with Gasteiger partial charge in [-0.1, -0.05) is 17.7 Å². The van der Waals surface area contributed by atoms with Crippen LogP contribution in [0, 0.1) is 5.92 Å². The molecule has 5 heteroatoms. The van der Waals surface area contributed by atoms with Gasteiger partial charge < -0.3 is 14.8 Å². The highest BCUT2D eigenvalue weighted by Gasteiger charge is 2.15. The molecule has 0 bridgehead atoms. The van der Waals surface area contributed by atoms with E-state index in [9.17, 15) is 4.79 Å². The van der Waals surface area contributed by atoms with Gasteiger partial charge in [-0.2, -0.15) is 0 Å². The first-order valence-corrected chi connectivity index (χ1v) is 7.33. The molecule has 1 unspecified atom stereocenters. The Balaban J connectivity index is 1.55. The van der Waals surface area contributed by atoms with E-state index < -0.39 is 0 Å². The predicted molar refractivity (Wildman–Crippen MR) is 78.1 cm³/mol. The highest BCUT2D eigenvalue weighted by atomic mass is 35.5. The summed E-state index contributed by atoms with van der Waals surface area (Å²) in [6.07, 6.45) is 1.89. The van der Waals surface area contributed by atoms with Crippen LogP contribution >= 0.6 is 11.6 Å². The SMILES string of the molecule is O=C(NCCCOCC1CCOC1)c1cccc(Cl)c1. The summed E-state index contributed by atoms with van der Waals surface area (Å²) in [7, 11) is 0. The number of nitrogens with one attached hydrogen (secondary N) is 1. The molecule has 0 saturated carbocycles. The summed E-state index contributed by atoms with van der Waals surface area (Å²) in [4.78, 5) is 11.8. The fraction of sp³-hybridized carbons (Fsp3) is 0.533. The summed E-state index contributed by atoms with van der Waals surface area (Å²) in [5.74, 6) is 0.438. The largest absolute Gasteiger partial charge is 0.381 e. The topological polar surface area (TPSA) is 47.6 Å². The standard InChI is InChI=1S/C15H20ClNO3/c16-14-4-1-3-13(9-14)15(18)17-6-2-7-19-10-12-5-8-20-11-12/h1,3-4,9,12H,2,5-8,10-11H2,(H,17,18). The zero-order valence-electron chi connectivity index (χ0n) is 11.4. The Hall–Kier alpha value is -1.10. The van der Waals surface area contributed by atoms with Gasteiger partial charge in [-0.3, -0.25) is 4.79 Å². The van der Waals surface area contributed by atoms with Crippen molar-refractivity contribution < 1.29 is 14.3 Å². The molecule has 0 aromatic heterocycles. The van der Waals surface area contributed by atoms with Crippen molar-refractivity contribution in [2.45, 2.75) is 12.8 Å². The molecule has 1 amide bonds. The number of ether oxygens (including phenoxy) is 2. The molecule has 1 fully saturated rings. The number of rotatable bonds is 7. The van der Waals surface area contributed by atoms with Gasteiger partial charge in [0.05, 0.1) is 13.2 Å². The first-order valence-electron chi connectivity index (χ1n) is 6.95. The molecule has 1 saturated heterocycles. The van der Waals surface area contributed by atoms with Crippen molar-refractivity contribution in [1.29, 1.82) is 0 Å². The third-order valence-electron chi connectivity index (χ3n) is 3.22. The number of amides is 1. The Morgan fingerprint density at radius 3 is 3.15 bits per heavy atom. The number of benzene rings is 1. The van der Waals surface area contributed by atoms with E-state index in [0.717, 1.165) is 32.7 Å². The molecule has 1 aromatic carbocycles. The van der Waals surface area contributed by atoms with E-state index in [-0.39, 0.29) is 5.91 Å². The van der Waals surface area contributed by atoms with Crippen molar-refractivity contribution in [3.05, 3.63) is 34.9 Å². The molecule has 1 aliphatic rings. The molecule has 0 aliphatic carbocycles. The van der Waals surface area contributed by atoms with Crippen LogP contribution in [0.5, 0.6) is 0 Å². The molecular weight excluding hydrogens is 278 g/mol. The number of hydrogen-bond donors (Lipinski definition) is 1. The van der Waals surface area contributed by atoms with Crippen LogP contribution in [0.1, 0.15) is 23.2 Å². The smallest absolute Gasteiger partial charge is 0.251 e. The Bertz CT molecular complexity index is 433. The van der Waals surface area contributed by atoms with E-state index in [4.69, 9.17) is 21.1 Å². The molecular formula is C15H20ClNO3. The molecule has 0 spiro atoms. The van der Waals surface area contributed by atoms with Gasteiger partial charge in [-0.15, -0.1) is 0 Å². The molecule has 4 nitrogen and oxygen atoms in total. The fourth-order valence-electron chi connectivity index (χ4n) is 2.07. The van der Waals surface area contributed by atoms with Gasteiger partial charge in [0.2, 0.25) is 0 Å². The van der Waals surface area contributed by atoms with Crippen molar-refractivity contribution in [3.63, 3.8) is 0 Å². The summed E-state index contributed by atoms with van der Waals surface area (Å²) in [6, 6.07) is 6.92. The first-order chi connectivity index (χ1) is 9.75. The van der Waals surface area contributed by atoms with Crippen LogP contribution in [0.25, 0.3) is 0 Å². The van der Waals surface area contributed by atoms with Crippen LogP contribution in [-0.2, 0) is 9.47 Å². The minimum Gasteiger partial charge on any atom is -0.381 e. The lowest BCUT2D eigenvalue weighted by atomic mass is 10.1. The molecule has 1 aromatic rings. The molecule has 1 atom stereocenters. The van der Waals surface area contributed by atoms with Crippen LogP contribution < -0.4 is 5.32 Å². The summed E-state index contributed by atoms with van der Waals surface area (Å²) < 4.78 is 10.8. The Labute approximate surface area is 124 Å². The van der Waals surface area contributed by atoms with E-state index in [1.165, 1.54) is 0 Å². The highest BCUT2D eigenvalue weighted by Crippen LogP contribution is 2.12. The van der Waals surface area contributed by atoms with Crippen molar-refractivity contribution >= 4 is 17.5 Å². The van der Waals surface area contributed by atoms with E-state index in [0.29, 0.717) is 29.7 Å². The number of halogens is 1. The molecule has 0 radical (unpaired) electrons. The summed E-state index contributed by atoms with van der Waals surface area (Å²) in [5.41, 5.74) is 0.585. The Kier molecular flexibility index (Phi) is 6.30. The molecule has 110 valence electrons. The molecule has 1 aliphatic heterocycles. The quantitative estimate of drug-likeness (QED) is 0.787. The van der Waals surface area contributed by atoms with E-state index in [1.807, 2.05) is 0 Å². The van der Waals surface area contributed by atoms with Gasteiger partial charge in [0.25, 0.3) is 5.91 Å². The van der Waals surface area contributed by atoms with Crippen LogP contribution in [0.15, 0.2) is 24.3 Å². The molecule has 1 heterocycles. The van der Waals surface area contributed by atoms with Crippen LogP contribution in [0.3, 0.4) is 0 Å². The third kappa shape index (κ3) is 5.12. The fourth-order valence-corrected chi connectivity index (χ4v) is 2.26. The van der Waals surface area contributed by atoms with Crippen molar-refractivity contribution in [3.8, 4) is 0 Å². The van der Waals surface area contributed by atoms with Gasteiger partial charge in [0.1, 0.15) is 0 Å². The maximum Gasteiger partial charge on any atom is 0.251 e. The molecule has 2 rings (SSSR count). The lowest BCUT2D eigenvalue weighted by molar-refractivity contribution is 0.0853. The van der Waals surface area contributed by atoms with Gasteiger partial charge >= 0.3 is 0 Å². The van der Waals surface area contributed by atoms with Crippen molar-refractivity contribution in [2.75, 3.05) is 33.0 Å². The van der Waals surface area contributed by atoms with Gasteiger partial charge in [0, 0.05) is 36.3 Å². The lowest BCUT2D eigenvalue weighted by Gasteiger charge is -2.09. The van der Waals surface area contributed by atoms with Gasteiger partial charge in [-0.05, 0) is 31.0 Å². The van der Waals surface area contributed by atoms with Gasteiger partial charge in [0.15, 0.2) is 0 Å². The van der Waals surface area contributed by atoms with Crippen molar-refractivity contribution in [2.24, 2.45) is 5.92 Å². The van der Waals surface area contributed by atoms with Crippen molar-refractivity contribution in [1.82, 2.24) is 5.32 Å². The maximum atomic E-state index is 11.8. The summed E-state index contributed by atoms with van der Waals surface area (Å²) in [5, 5.41) is 3.42. The summed E-state index contributed by atoms with van der Waals surface area (Å²) >= 11 is 5.84.